The molecule has 2 heterocycles. The molecular weight excluding hydrogens is 673 g/mol. The van der Waals surface area contributed by atoms with Gasteiger partial charge in [0.2, 0.25) is 9.84 Å². The van der Waals surface area contributed by atoms with Crippen LogP contribution in [0.4, 0.5) is 5.69 Å². The zero-order valence-corrected chi connectivity index (χ0v) is 31.2. The van der Waals surface area contributed by atoms with Crippen LogP contribution in [0.3, 0.4) is 0 Å². The number of nitrogens with one attached hydrogen (secondary N) is 1. The molecule has 0 saturated carbocycles. The van der Waals surface area contributed by atoms with E-state index in [2.05, 4.69) is 22.3 Å². The molecule has 0 amide bonds. The van der Waals surface area contributed by atoms with Gasteiger partial charge in [-0.05, 0) is 60.7 Å². The first kappa shape index (κ1) is 39.1. The van der Waals surface area contributed by atoms with Gasteiger partial charge in [-0.2, -0.15) is 0 Å². The summed E-state index contributed by atoms with van der Waals surface area (Å²) in [5, 5.41) is 3.47. The third-order valence-corrected chi connectivity index (χ3v) is 11.2. The largest absolute Gasteiger partial charge is 0.490 e. The van der Waals surface area contributed by atoms with E-state index in [1.807, 2.05) is 49.4 Å². The second-order valence-electron chi connectivity index (χ2n) is 13.0. The number of rotatable bonds is 20. The predicted octanol–water partition coefficient (Wildman–Crippen LogP) is 5.06. The lowest BCUT2D eigenvalue weighted by Crippen LogP contribution is -2.51. The molecule has 0 radical (unpaired) electrons. The first-order valence-corrected chi connectivity index (χ1v) is 19.3. The molecule has 1 saturated heterocycles. The van der Waals surface area contributed by atoms with Gasteiger partial charge in [0.05, 0.1) is 49.2 Å². The number of sulfone groups is 1. The van der Waals surface area contributed by atoms with Crippen molar-refractivity contribution in [1.29, 1.82) is 0 Å². The molecule has 3 aromatic rings. The van der Waals surface area contributed by atoms with Crippen molar-refractivity contribution in [3.63, 3.8) is 0 Å². The molecule has 0 aromatic heterocycles. The van der Waals surface area contributed by atoms with Gasteiger partial charge < -0.3 is 43.4 Å². The van der Waals surface area contributed by atoms with Gasteiger partial charge >= 0.3 is 0 Å². The SMILES string of the molecule is COCCCO[C@@H]1CNC[C@H](OC(c2ccc3c(c2)N(CCCOC)CCO3)S(=O)(=O)c2ccc(C)cc2)[C@H]1c1ccc(COCCOC)cc1. The number of fused-ring (bicyclic) bond motifs is 1. The first-order chi connectivity index (χ1) is 24.8. The van der Waals surface area contributed by atoms with E-state index < -0.39 is 21.4 Å². The summed E-state index contributed by atoms with van der Waals surface area (Å²) >= 11 is 0. The van der Waals surface area contributed by atoms with Gasteiger partial charge in [0, 0.05) is 66.7 Å². The highest BCUT2D eigenvalue weighted by atomic mass is 32.2. The molecule has 1 unspecified atom stereocenters. The van der Waals surface area contributed by atoms with Crippen LogP contribution in [0.2, 0.25) is 0 Å². The van der Waals surface area contributed by atoms with Gasteiger partial charge in [0.25, 0.3) is 0 Å². The summed E-state index contributed by atoms with van der Waals surface area (Å²) in [4.78, 5) is 2.43. The molecule has 5 rings (SSSR count). The average molecular weight is 727 g/mol. The smallest absolute Gasteiger partial charge is 0.209 e. The Morgan fingerprint density at radius 2 is 1.57 bits per heavy atom. The molecule has 11 nitrogen and oxygen atoms in total. The van der Waals surface area contributed by atoms with Crippen molar-refractivity contribution >= 4 is 15.5 Å². The van der Waals surface area contributed by atoms with Crippen molar-refractivity contribution in [3.8, 4) is 5.75 Å². The summed E-state index contributed by atoms with van der Waals surface area (Å²) in [6.07, 6.45) is 0.776. The Balaban J connectivity index is 1.50. The van der Waals surface area contributed by atoms with Crippen molar-refractivity contribution in [1.82, 2.24) is 5.32 Å². The zero-order valence-electron chi connectivity index (χ0n) is 30.4. The number of aryl methyl sites for hydroxylation is 1. The van der Waals surface area contributed by atoms with E-state index in [0.29, 0.717) is 71.4 Å². The van der Waals surface area contributed by atoms with E-state index >= 15 is 0 Å². The summed E-state index contributed by atoms with van der Waals surface area (Å²) < 4.78 is 70.1. The number of methoxy groups -OCH3 is 3. The van der Waals surface area contributed by atoms with Crippen LogP contribution >= 0.6 is 0 Å². The topological polar surface area (TPSA) is 114 Å². The van der Waals surface area contributed by atoms with Crippen molar-refractivity contribution in [3.05, 3.63) is 89.0 Å². The fraction of sp³-hybridized carbons (Fsp3) is 0.538. The van der Waals surface area contributed by atoms with E-state index in [4.69, 9.17) is 33.2 Å². The van der Waals surface area contributed by atoms with Crippen molar-refractivity contribution in [2.45, 2.75) is 54.8 Å². The molecule has 0 aliphatic carbocycles. The Bertz CT molecular complexity index is 1590. The molecule has 3 aromatic carbocycles. The fourth-order valence-corrected chi connectivity index (χ4v) is 8.16. The van der Waals surface area contributed by atoms with Crippen molar-refractivity contribution < 1.29 is 41.6 Å². The third-order valence-electron chi connectivity index (χ3n) is 9.30. The monoisotopic (exact) mass is 726 g/mol. The summed E-state index contributed by atoms with van der Waals surface area (Å²) in [5.74, 6) is 0.474. The molecule has 0 bridgehead atoms. The van der Waals surface area contributed by atoms with Gasteiger partial charge in [-0.15, -0.1) is 0 Å². The number of hydrogen-bond donors (Lipinski definition) is 1. The molecule has 12 heteroatoms. The minimum atomic E-state index is -4.02. The maximum absolute atomic E-state index is 14.7. The molecule has 51 heavy (non-hydrogen) atoms. The van der Waals surface area contributed by atoms with Gasteiger partial charge in [-0.3, -0.25) is 0 Å². The lowest BCUT2D eigenvalue weighted by molar-refractivity contribution is -0.0662. The summed E-state index contributed by atoms with van der Waals surface area (Å²) in [7, 11) is 1.00. The second kappa shape index (κ2) is 19.7. The van der Waals surface area contributed by atoms with Crippen LogP contribution < -0.4 is 15.0 Å². The highest BCUT2D eigenvalue weighted by molar-refractivity contribution is 7.91. The normalized spacial score (nSPS) is 19.8. The number of anilines is 1. The highest BCUT2D eigenvalue weighted by Gasteiger charge is 2.41. The molecule has 0 spiro atoms. The predicted molar refractivity (Wildman–Crippen MR) is 196 cm³/mol. The molecule has 2 aliphatic rings. The van der Waals surface area contributed by atoms with Crippen molar-refractivity contribution in [2.24, 2.45) is 0 Å². The highest BCUT2D eigenvalue weighted by Crippen LogP contribution is 2.41. The third kappa shape index (κ3) is 10.5. The van der Waals surface area contributed by atoms with Crippen LogP contribution in [0.15, 0.2) is 71.6 Å². The molecule has 4 atom stereocenters. The first-order valence-electron chi connectivity index (χ1n) is 17.8. The maximum atomic E-state index is 14.7. The van der Waals surface area contributed by atoms with Crippen LogP contribution in [-0.4, -0.2) is 108 Å². The van der Waals surface area contributed by atoms with Gasteiger partial charge in [-0.25, -0.2) is 8.42 Å². The fourth-order valence-electron chi connectivity index (χ4n) is 6.60. The van der Waals surface area contributed by atoms with E-state index in [-0.39, 0.29) is 16.9 Å². The molecular formula is C39H54N2O9S. The van der Waals surface area contributed by atoms with E-state index in [0.717, 1.165) is 47.5 Å². The van der Waals surface area contributed by atoms with Gasteiger partial charge in [0.1, 0.15) is 12.4 Å². The Kier molecular flexibility index (Phi) is 15.1. The van der Waals surface area contributed by atoms with E-state index in [1.165, 1.54) is 0 Å². The minimum Gasteiger partial charge on any atom is -0.490 e. The number of hydrogen-bond acceptors (Lipinski definition) is 11. The second-order valence-corrected chi connectivity index (χ2v) is 15.0. The Morgan fingerprint density at radius 1 is 0.843 bits per heavy atom. The quantitative estimate of drug-likeness (QED) is 0.158. The summed E-state index contributed by atoms with van der Waals surface area (Å²) in [5.41, 5.74) is 3.12. The van der Waals surface area contributed by atoms with Crippen LogP contribution in [0.5, 0.6) is 5.75 Å². The van der Waals surface area contributed by atoms with E-state index in [1.54, 1.807) is 33.5 Å². The molecule has 2 aliphatic heterocycles. The number of ether oxygens (including phenoxy) is 7. The van der Waals surface area contributed by atoms with E-state index in [9.17, 15) is 8.42 Å². The molecule has 1 fully saturated rings. The Hall–Kier alpha value is -3.07. The lowest BCUT2D eigenvalue weighted by Gasteiger charge is -2.40. The minimum absolute atomic E-state index is 0.203. The summed E-state index contributed by atoms with van der Waals surface area (Å²) in [6.45, 7) is 8.22. The summed E-state index contributed by atoms with van der Waals surface area (Å²) in [6, 6.07) is 20.8. The van der Waals surface area contributed by atoms with Gasteiger partial charge in [0.15, 0.2) is 5.44 Å². The van der Waals surface area contributed by atoms with Crippen molar-refractivity contribution in [2.75, 3.05) is 92.0 Å². The maximum Gasteiger partial charge on any atom is 0.209 e. The number of nitrogens with zero attached hydrogens (tertiary/aromatic N) is 1. The standard InChI is InChI=1S/C39H54N2O9S/c1-29-7-14-33(15-8-29)51(42,43)39(32-13-16-35-34(25-32)41(18-22-49-35)17-5-19-44-2)50-37-27-40-26-36(48-21-6-20-45-3)38(37)31-11-9-30(10-12-31)28-47-24-23-46-4/h7-16,25,36-40H,5-6,17-24,26-28H2,1-4H3/t36-,37+,38+,39?/m1/s1. The Morgan fingerprint density at radius 3 is 2.31 bits per heavy atom. The Labute approximate surface area is 303 Å². The molecule has 280 valence electrons. The van der Waals surface area contributed by atoms with Crippen LogP contribution in [0.1, 0.15) is 46.4 Å². The molecule has 1 N–H and O–H groups in total. The van der Waals surface area contributed by atoms with Crippen LogP contribution in [0.25, 0.3) is 0 Å². The number of benzene rings is 3. The average Bonchev–Trinajstić information content (AvgIpc) is 3.14. The van der Waals surface area contributed by atoms with Crippen LogP contribution in [0, 0.1) is 6.92 Å². The van der Waals surface area contributed by atoms with Crippen LogP contribution in [-0.2, 0) is 44.9 Å². The lowest BCUT2D eigenvalue weighted by atomic mass is 9.85. The van der Waals surface area contributed by atoms with Gasteiger partial charge in [-0.1, -0.05) is 48.0 Å². The number of piperidine rings is 1. The zero-order chi connectivity index (χ0) is 36.1.